The molecule has 0 spiro atoms. The van der Waals surface area contributed by atoms with Crippen LogP contribution in [0.3, 0.4) is 0 Å². The van der Waals surface area contributed by atoms with Crippen molar-refractivity contribution in [2.24, 2.45) is 0 Å². The zero-order valence-corrected chi connectivity index (χ0v) is 25.4. The highest BCUT2D eigenvalue weighted by atomic mass is 32.1. The van der Waals surface area contributed by atoms with Crippen LogP contribution in [0.5, 0.6) is 0 Å². The maximum Gasteiger partial charge on any atom is 0.358 e. The molecule has 0 fully saturated rings. The van der Waals surface area contributed by atoms with Crippen LogP contribution in [-0.2, 0) is 35.6 Å². The topological polar surface area (TPSA) is 116 Å². The van der Waals surface area contributed by atoms with Gasteiger partial charge in [0.15, 0.2) is 10.8 Å². The average molecular weight is 592 g/mol. The summed E-state index contributed by atoms with van der Waals surface area (Å²) >= 11 is 1.28. The monoisotopic (exact) mass is 591 g/mol. The standard InChI is InChI=1S/C32H37N3O6S/c1-6-39-28(36)25-20(4)33-21(5)32(30(38)41-8-3,23-17-13-10-14-18-23)27(25)35-31-34-26(29(37)40-7-2)24(42-31)19-22-15-11-9-12-16-22/h9-18,21,27,33H,6-8,19H2,1-5H3,(H,34,35). The number of allylic oxidation sites excluding steroid dienone is 1. The summed E-state index contributed by atoms with van der Waals surface area (Å²) in [4.78, 5) is 46.0. The molecule has 0 aliphatic carbocycles. The first kappa shape index (κ1) is 30.8. The van der Waals surface area contributed by atoms with Gasteiger partial charge in [-0.25, -0.2) is 14.6 Å². The molecule has 0 amide bonds. The van der Waals surface area contributed by atoms with E-state index in [4.69, 9.17) is 14.2 Å². The number of anilines is 1. The van der Waals surface area contributed by atoms with E-state index < -0.39 is 35.4 Å². The summed E-state index contributed by atoms with van der Waals surface area (Å²) in [5.74, 6) is -1.61. The van der Waals surface area contributed by atoms with Crippen LogP contribution in [0, 0.1) is 0 Å². The summed E-state index contributed by atoms with van der Waals surface area (Å²) in [5.41, 5.74) is 1.28. The van der Waals surface area contributed by atoms with Crippen LogP contribution in [0.15, 0.2) is 71.9 Å². The number of hydrogen-bond donors (Lipinski definition) is 2. The Hall–Kier alpha value is -4.18. The van der Waals surface area contributed by atoms with Crippen molar-refractivity contribution in [1.82, 2.24) is 10.3 Å². The number of rotatable bonds is 11. The fourth-order valence-electron chi connectivity index (χ4n) is 5.47. The Kier molecular flexibility index (Phi) is 10.0. The molecule has 0 radical (unpaired) electrons. The summed E-state index contributed by atoms with van der Waals surface area (Å²) in [6.07, 6.45) is 0.457. The number of hydrogen-bond acceptors (Lipinski definition) is 10. The van der Waals surface area contributed by atoms with Gasteiger partial charge in [0.05, 0.1) is 31.4 Å². The van der Waals surface area contributed by atoms with E-state index in [2.05, 4.69) is 15.6 Å². The lowest BCUT2D eigenvalue weighted by molar-refractivity contribution is -0.152. The third-order valence-electron chi connectivity index (χ3n) is 7.27. The van der Waals surface area contributed by atoms with Crippen LogP contribution >= 0.6 is 11.3 Å². The molecule has 222 valence electrons. The molecule has 2 N–H and O–H groups in total. The van der Waals surface area contributed by atoms with Gasteiger partial charge in [-0.2, -0.15) is 0 Å². The number of esters is 3. The number of aromatic nitrogens is 1. The number of nitrogens with one attached hydrogen (secondary N) is 2. The van der Waals surface area contributed by atoms with E-state index in [1.165, 1.54) is 11.3 Å². The molecular weight excluding hydrogens is 554 g/mol. The lowest BCUT2D eigenvalue weighted by Crippen LogP contribution is -2.66. The summed E-state index contributed by atoms with van der Waals surface area (Å²) < 4.78 is 16.5. The van der Waals surface area contributed by atoms with Crippen LogP contribution in [0.25, 0.3) is 0 Å². The molecule has 0 saturated carbocycles. The molecule has 4 rings (SSSR count). The van der Waals surface area contributed by atoms with Crippen LogP contribution in [0.4, 0.5) is 5.13 Å². The molecule has 1 aromatic heterocycles. The van der Waals surface area contributed by atoms with Gasteiger partial charge >= 0.3 is 17.9 Å². The van der Waals surface area contributed by atoms with E-state index in [1.807, 2.05) is 67.6 Å². The maximum atomic E-state index is 14.1. The van der Waals surface area contributed by atoms with Gasteiger partial charge in [0.25, 0.3) is 0 Å². The second-order valence-electron chi connectivity index (χ2n) is 9.83. The van der Waals surface area contributed by atoms with Gasteiger partial charge in [0, 0.05) is 23.0 Å². The Bertz CT molecular complexity index is 1440. The van der Waals surface area contributed by atoms with E-state index in [1.54, 1.807) is 27.7 Å². The zero-order valence-electron chi connectivity index (χ0n) is 24.6. The molecule has 9 nitrogen and oxygen atoms in total. The van der Waals surface area contributed by atoms with Crippen molar-refractivity contribution in [2.75, 3.05) is 25.1 Å². The van der Waals surface area contributed by atoms with E-state index in [-0.39, 0.29) is 31.1 Å². The lowest BCUT2D eigenvalue weighted by atomic mass is 9.64. The van der Waals surface area contributed by atoms with Crippen LogP contribution in [0.1, 0.15) is 61.1 Å². The van der Waals surface area contributed by atoms with Gasteiger partial charge in [-0.15, -0.1) is 11.3 Å². The molecule has 10 heteroatoms. The molecule has 2 aromatic carbocycles. The van der Waals surface area contributed by atoms with E-state index in [0.717, 1.165) is 5.56 Å². The molecular formula is C32H37N3O6S. The minimum Gasteiger partial charge on any atom is -0.465 e. The quantitative estimate of drug-likeness (QED) is 0.234. The number of carbonyl (C=O) groups excluding carboxylic acids is 3. The predicted molar refractivity (Wildman–Crippen MR) is 161 cm³/mol. The van der Waals surface area contributed by atoms with Crippen molar-refractivity contribution in [1.29, 1.82) is 0 Å². The van der Waals surface area contributed by atoms with Crippen LogP contribution in [-0.4, -0.2) is 54.8 Å². The molecule has 2 heterocycles. The van der Waals surface area contributed by atoms with Crippen molar-refractivity contribution in [2.45, 2.75) is 58.5 Å². The predicted octanol–water partition coefficient (Wildman–Crippen LogP) is 5.02. The first-order valence-corrected chi connectivity index (χ1v) is 14.9. The molecule has 1 aliphatic rings. The normalized spacial score (nSPS) is 19.9. The summed E-state index contributed by atoms with van der Waals surface area (Å²) in [6, 6.07) is 17.5. The zero-order chi connectivity index (χ0) is 30.3. The number of benzene rings is 2. The highest BCUT2D eigenvalue weighted by molar-refractivity contribution is 7.15. The van der Waals surface area contributed by atoms with Crippen molar-refractivity contribution in [3.63, 3.8) is 0 Å². The first-order chi connectivity index (χ1) is 20.3. The Morgan fingerprint density at radius 2 is 1.50 bits per heavy atom. The average Bonchev–Trinajstić information content (AvgIpc) is 3.36. The Labute approximate surface area is 250 Å². The SMILES string of the molecule is CCOC(=O)C1=C(C)NC(C)C(C(=O)OCC)(c2ccccc2)C1Nc1nc(C(=O)OCC)c(Cc2ccccc2)s1. The van der Waals surface area contributed by atoms with Crippen LogP contribution < -0.4 is 10.6 Å². The van der Waals surface area contributed by atoms with E-state index in [9.17, 15) is 14.4 Å². The van der Waals surface area contributed by atoms with Gasteiger partial charge in [-0.1, -0.05) is 60.7 Å². The fourth-order valence-corrected chi connectivity index (χ4v) is 6.48. The molecule has 3 aromatic rings. The van der Waals surface area contributed by atoms with Crippen LogP contribution in [0.2, 0.25) is 0 Å². The number of carbonyl (C=O) groups is 3. The summed E-state index contributed by atoms with van der Waals surface area (Å²) in [5, 5.41) is 7.11. The molecule has 0 bridgehead atoms. The van der Waals surface area contributed by atoms with Crippen molar-refractivity contribution < 1.29 is 28.6 Å². The number of thiazole rings is 1. The minimum absolute atomic E-state index is 0.149. The second-order valence-corrected chi connectivity index (χ2v) is 10.9. The summed E-state index contributed by atoms with van der Waals surface area (Å²) in [7, 11) is 0. The minimum atomic E-state index is -1.39. The fraction of sp³-hybridized carbons (Fsp3) is 0.375. The smallest absolute Gasteiger partial charge is 0.358 e. The third kappa shape index (κ3) is 6.04. The van der Waals surface area contributed by atoms with Gasteiger partial charge in [0.1, 0.15) is 5.41 Å². The Morgan fingerprint density at radius 3 is 2.12 bits per heavy atom. The first-order valence-electron chi connectivity index (χ1n) is 14.1. The number of ether oxygens (including phenoxy) is 3. The lowest BCUT2D eigenvalue weighted by Gasteiger charge is -2.48. The van der Waals surface area contributed by atoms with Gasteiger partial charge in [-0.05, 0) is 45.7 Å². The number of nitrogens with zero attached hydrogens (tertiary/aromatic N) is 1. The molecule has 42 heavy (non-hydrogen) atoms. The molecule has 3 atom stereocenters. The second kappa shape index (κ2) is 13.7. The van der Waals surface area contributed by atoms with Crippen molar-refractivity contribution in [3.8, 4) is 0 Å². The van der Waals surface area contributed by atoms with Gasteiger partial charge in [0.2, 0.25) is 0 Å². The van der Waals surface area contributed by atoms with E-state index >= 15 is 0 Å². The highest BCUT2D eigenvalue weighted by Crippen LogP contribution is 2.43. The van der Waals surface area contributed by atoms with Gasteiger partial charge in [-0.3, -0.25) is 4.79 Å². The van der Waals surface area contributed by atoms with Crippen molar-refractivity contribution in [3.05, 3.63) is 93.6 Å². The highest BCUT2D eigenvalue weighted by Gasteiger charge is 2.58. The molecule has 0 saturated heterocycles. The molecule has 1 aliphatic heterocycles. The third-order valence-corrected chi connectivity index (χ3v) is 8.25. The largest absolute Gasteiger partial charge is 0.465 e. The summed E-state index contributed by atoms with van der Waals surface area (Å²) in [6.45, 7) is 9.38. The molecule has 3 unspecified atom stereocenters. The van der Waals surface area contributed by atoms with Crippen molar-refractivity contribution >= 4 is 34.4 Å². The van der Waals surface area contributed by atoms with Gasteiger partial charge < -0.3 is 24.8 Å². The van der Waals surface area contributed by atoms with E-state index in [0.29, 0.717) is 27.7 Å². The Balaban J connectivity index is 1.91. The maximum absolute atomic E-state index is 14.1. The Morgan fingerprint density at radius 1 is 0.905 bits per heavy atom.